The number of carboxylic acid groups (broad SMARTS) is 1. The summed E-state index contributed by atoms with van der Waals surface area (Å²) in [6, 6.07) is 19.2. The molecule has 1 heterocycles. The topological polar surface area (TPSA) is 113 Å². The number of carbonyl (C=O) groups excluding carboxylic acids is 1. The number of fused-ring (bicyclic) bond motifs is 1. The number of ether oxygens (including phenoxy) is 1. The molecule has 42 heavy (non-hydrogen) atoms. The zero-order valence-electron chi connectivity index (χ0n) is 22.4. The molecule has 5 rings (SSSR count). The normalized spacial score (nSPS) is 14.4. The van der Waals surface area contributed by atoms with Crippen LogP contribution in [0.25, 0.3) is 11.1 Å². The zero-order chi connectivity index (χ0) is 30.0. The standard InChI is InChI=1S/C31H26F2N2O6S/c1-41-29-4-2-3-27-25(29)17-28(31(38)34-18-20-7-5-19(6-8-20)15-30(36)37)35(27)42(39,40)23-12-9-21(10-13-23)24-14-11-22(32)16-26(24)33/h2-14,16,28H,15,17-18H2,1H3,(H,34,38)(H,36,37). The van der Waals surface area contributed by atoms with E-state index in [0.717, 1.165) is 16.4 Å². The molecule has 1 unspecified atom stereocenters. The molecule has 1 aliphatic heterocycles. The highest BCUT2D eigenvalue weighted by Gasteiger charge is 2.43. The van der Waals surface area contributed by atoms with E-state index in [0.29, 0.717) is 33.7 Å². The Labute approximate surface area is 241 Å². The van der Waals surface area contributed by atoms with Crippen molar-refractivity contribution in [2.75, 3.05) is 11.4 Å². The minimum atomic E-state index is -4.28. The van der Waals surface area contributed by atoms with Gasteiger partial charge in [-0.2, -0.15) is 0 Å². The lowest BCUT2D eigenvalue weighted by Gasteiger charge is -2.26. The summed E-state index contributed by atoms with van der Waals surface area (Å²) in [6.45, 7) is 0.0992. The SMILES string of the molecule is COc1cccc2c1CC(C(=O)NCc1ccc(CC(=O)O)cc1)N2S(=O)(=O)c1ccc(-c2ccc(F)cc2F)cc1. The van der Waals surface area contributed by atoms with E-state index in [4.69, 9.17) is 9.84 Å². The second-order valence-corrected chi connectivity index (χ2v) is 11.5. The summed E-state index contributed by atoms with van der Waals surface area (Å²) in [7, 11) is -2.82. The number of halogens is 2. The third kappa shape index (κ3) is 5.68. The fourth-order valence-corrected chi connectivity index (χ4v) is 6.64. The smallest absolute Gasteiger partial charge is 0.307 e. The average molecular weight is 593 g/mol. The number of amides is 1. The number of carboxylic acids is 1. The molecule has 0 fully saturated rings. The molecule has 2 N–H and O–H groups in total. The molecule has 1 aliphatic rings. The van der Waals surface area contributed by atoms with Gasteiger partial charge >= 0.3 is 5.97 Å². The van der Waals surface area contributed by atoms with Gasteiger partial charge in [0.1, 0.15) is 23.4 Å². The number of nitrogens with one attached hydrogen (secondary N) is 1. The maximum Gasteiger partial charge on any atom is 0.307 e. The van der Waals surface area contributed by atoms with E-state index >= 15 is 0 Å². The third-order valence-electron chi connectivity index (χ3n) is 7.05. The summed E-state index contributed by atoms with van der Waals surface area (Å²) in [4.78, 5) is 24.3. The summed E-state index contributed by atoms with van der Waals surface area (Å²) in [5, 5.41) is 11.8. The molecule has 8 nitrogen and oxygen atoms in total. The van der Waals surface area contributed by atoms with Crippen molar-refractivity contribution in [3.8, 4) is 16.9 Å². The molecule has 11 heteroatoms. The van der Waals surface area contributed by atoms with E-state index < -0.39 is 39.6 Å². The predicted octanol–water partition coefficient (Wildman–Crippen LogP) is 4.70. The molecule has 0 bridgehead atoms. The Kier molecular flexibility index (Phi) is 7.95. The Bertz CT molecular complexity index is 1760. The van der Waals surface area contributed by atoms with Gasteiger partial charge in [-0.25, -0.2) is 17.2 Å². The molecule has 0 aliphatic carbocycles. The molecule has 216 valence electrons. The molecular weight excluding hydrogens is 566 g/mol. The van der Waals surface area contributed by atoms with Gasteiger partial charge < -0.3 is 15.2 Å². The fourth-order valence-electron chi connectivity index (χ4n) is 5.00. The van der Waals surface area contributed by atoms with Crippen LogP contribution < -0.4 is 14.4 Å². The van der Waals surface area contributed by atoms with Crippen molar-refractivity contribution >= 4 is 27.6 Å². The van der Waals surface area contributed by atoms with E-state index in [1.807, 2.05) is 0 Å². The third-order valence-corrected chi connectivity index (χ3v) is 8.88. The van der Waals surface area contributed by atoms with Crippen LogP contribution in [0, 0.1) is 11.6 Å². The lowest BCUT2D eigenvalue weighted by molar-refractivity contribution is -0.136. The number of rotatable bonds is 9. The number of methoxy groups -OCH3 is 1. The molecular formula is C31H26F2N2O6S. The van der Waals surface area contributed by atoms with Crippen LogP contribution in [0.15, 0.2) is 89.8 Å². The number of anilines is 1. The first-order valence-corrected chi connectivity index (χ1v) is 14.4. The Morgan fingerprint density at radius 3 is 2.31 bits per heavy atom. The van der Waals surface area contributed by atoms with Crippen molar-refractivity contribution < 1.29 is 36.6 Å². The van der Waals surface area contributed by atoms with Crippen molar-refractivity contribution in [2.45, 2.75) is 30.3 Å². The lowest BCUT2D eigenvalue weighted by Crippen LogP contribution is -2.47. The van der Waals surface area contributed by atoms with Gasteiger partial charge in [-0.05, 0) is 53.1 Å². The number of aliphatic carboxylic acids is 1. The lowest BCUT2D eigenvalue weighted by atomic mass is 10.1. The van der Waals surface area contributed by atoms with E-state index in [-0.39, 0.29) is 29.8 Å². The predicted molar refractivity (Wildman–Crippen MR) is 152 cm³/mol. The van der Waals surface area contributed by atoms with Gasteiger partial charge in [0, 0.05) is 30.2 Å². The first-order valence-electron chi connectivity index (χ1n) is 12.9. The summed E-state index contributed by atoms with van der Waals surface area (Å²) in [6.07, 6.45) is -0.0533. The molecule has 0 aromatic heterocycles. The van der Waals surface area contributed by atoms with Crippen LogP contribution in [0.5, 0.6) is 5.75 Å². The second-order valence-electron chi connectivity index (χ2n) is 9.73. The average Bonchev–Trinajstić information content (AvgIpc) is 3.37. The largest absolute Gasteiger partial charge is 0.496 e. The molecule has 1 atom stereocenters. The number of hydrogen-bond donors (Lipinski definition) is 2. The van der Waals surface area contributed by atoms with Gasteiger partial charge in [-0.3, -0.25) is 13.9 Å². The van der Waals surface area contributed by atoms with Crippen LogP contribution in [-0.4, -0.2) is 38.6 Å². The Balaban J connectivity index is 1.43. The van der Waals surface area contributed by atoms with E-state index in [1.54, 1.807) is 42.5 Å². The second kappa shape index (κ2) is 11.6. The molecule has 0 spiro atoms. The molecule has 0 saturated heterocycles. The van der Waals surface area contributed by atoms with Crippen molar-refractivity contribution in [2.24, 2.45) is 0 Å². The van der Waals surface area contributed by atoms with Crippen LogP contribution in [0.4, 0.5) is 14.5 Å². The fraction of sp³-hybridized carbons (Fsp3) is 0.161. The Morgan fingerprint density at radius 2 is 1.67 bits per heavy atom. The molecule has 0 saturated carbocycles. The first kappa shape index (κ1) is 28.7. The van der Waals surface area contributed by atoms with Gasteiger partial charge in [0.2, 0.25) is 5.91 Å². The van der Waals surface area contributed by atoms with Gasteiger partial charge in [0.05, 0.1) is 24.1 Å². The molecule has 0 radical (unpaired) electrons. The number of nitrogens with zero attached hydrogens (tertiary/aromatic N) is 1. The van der Waals surface area contributed by atoms with Gasteiger partial charge in [0.25, 0.3) is 10.0 Å². The van der Waals surface area contributed by atoms with Crippen molar-refractivity contribution in [3.63, 3.8) is 0 Å². The van der Waals surface area contributed by atoms with E-state index in [1.165, 1.54) is 37.4 Å². The maximum atomic E-state index is 14.3. The summed E-state index contributed by atoms with van der Waals surface area (Å²) in [5.74, 6) is -2.54. The Hall–Kier alpha value is -4.77. The van der Waals surface area contributed by atoms with Crippen molar-refractivity contribution in [3.05, 3.63) is 113 Å². The number of hydrogen-bond acceptors (Lipinski definition) is 5. The van der Waals surface area contributed by atoms with Crippen LogP contribution in [0.3, 0.4) is 0 Å². The number of sulfonamides is 1. The summed E-state index contributed by atoms with van der Waals surface area (Å²) in [5.41, 5.74) is 2.67. The zero-order valence-corrected chi connectivity index (χ0v) is 23.2. The molecule has 4 aromatic carbocycles. The van der Waals surface area contributed by atoms with Gasteiger partial charge in [-0.15, -0.1) is 0 Å². The quantitative estimate of drug-likeness (QED) is 0.291. The maximum absolute atomic E-state index is 14.3. The first-order chi connectivity index (χ1) is 20.1. The van der Waals surface area contributed by atoms with Crippen LogP contribution in [-0.2, 0) is 39.0 Å². The summed E-state index contributed by atoms with van der Waals surface area (Å²) >= 11 is 0. The highest BCUT2D eigenvalue weighted by Crippen LogP contribution is 2.41. The highest BCUT2D eigenvalue weighted by atomic mass is 32.2. The molecule has 1 amide bonds. The van der Waals surface area contributed by atoms with Crippen molar-refractivity contribution in [1.29, 1.82) is 0 Å². The minimum Gasteiger partial charge on any atom is -0.496 e. The van der Waals surface area contributed by atoms with E-state index in [2.05, 4.69) is 5.32 Å². The number of carbonyl (C=O) groups is 2. The van der Waals surface area contributed by atoms with Crippen LogP contribution in [0.1, 0.15) is 16.7 Å². The molecule has 4 aromatic rings. The Morgan fingerprint density at radius 1 is 0.976 bits per heavy atom. The summed E-state index contributed by atoms with van der Waals surface area (Å²) < 4.78 is 62.2. The monoisotopic (exact) mass is 592 g/mol. The van der Waals surface area contributed by atoms with Crippen molar-refractivity contribution in [1.82, 2.24) is 5.32 Å². The number of benzene rings is 4. The van der Waals surface area contributed by atoms with Gasteiger partial charge in [-0.1, -0.05) is 42.5 Å². The van der Waals surface area contributed by atoms with Crippen LogP contribution in [0.2, 0.25) is 0 Å². The van der Waals surface area contributed by atoms with Gasteiger partial charge in [0.15, 0.2) is 0 Å². The highest BCUT2D eigenvalue weighted by molar-refractivity contribution is 7.93. The minimum absolute atomic E-state index is 0.0703. The van der Waals surface area contributed by atoms with Crippen LogP contribution >= 0.6 is 0 Å². The van der Waals surface area contributed by atoms with E-state index in [9.17, 15) is 26.8 Å².